The minimum absolute atomic E-state index is 0.418. The number of hydrogen-bond acceptors (Lipinski definition) is 3. The van der Waals surface area contributed by atoms with Crippen molar-refractivity contribution in [2.75, 3.05) is 24.6 Å². The summed E-state index contributed by atoms with van der Waals surface area (Å²) in [4.78, 5) is 0. The van der Waals surface area contributed by atoms with Gasteiger partial charge in [0.1, 0.15) is 11.9 Å². The van der Waals surface area contributed by atoms with Crippen LogP contribution in [0.25, 0.3) is 0 Å². The SMILES string of the molecule is c1cc(C2CCCNC2)ccc1OC1CCCSC1. The molecule has 0 aliphatic carbocycles. The van der Waals surface area contributed by atoms with E-state index in [1.165, 1.54) is 43.5 Å². The van der Waals surface area contributed by atoms with E-state index in [0.29, 0.717) is 12.0 Å². The summed E-state index contributed by atoms with van der Waals surface area (Å²) in [6.45, 7) is 2.30. The molecule has 0 bridgehead atoms. The minimum atomic E-state index is 0.418. The average molecular weight is 277 g/mol. The van der Waals surface area contributed by atoms with E-state index in [2.05, 4.69) is 29.6 Å². The molecule has 0 amide bonds. The summed E-state index contributed by atoms with van der Waals surface area (Å²) in [7, 11) is 0. The van der Waals surface area contributed by atoms with Crippen LogP contribution < -0.4 is 10.1 Å². The predicted octanol–water partition coefficient (Wildman–Crippen LogP) is 3.43. The van der Waals surface area contributed by atoms with Gasteiger partial charge in [0.05, 0.1) is 0 Å². The Kier molecular flexibility index (Phi) is 4.67. The fourth-order valence-electron chi connectivity index (χ4n) is 2.95. The first-order valence-corrected chi connectivity index (χ1v) is 8.62. The number of rotatable bonds is 3. The fourth-order valence-corrected chi connectivity index (χ4v) is 3.99. The van der Waals surface area contributed by atoms with Crippen LogP contribution in [0.4, 0.5) is 0 Å². The van der Waals surface area contributed by atoms with Crippen molar-refractivity contribution in [2.45, 2.75) is 37.7 Å². The Morgan fingerprint density at radius 1 is 1.11 bits per heavy atom. The molecule has 2 atom stereocenters. The molecule has 1 aromatic carbocycles. The zero-order chi connectivity index (χ0) is 12.9. The van der Waals surface area contributed by atoms with Crippen LogP contribution in [0.2, 0.25) is 0 Å². The summed E-state index contributed by atoms with van der Waals surface area (Å²) < 4.78 is 6.06. The summed E-state index contributed by atoms with van der Waals surface area (Å²) in [5.74, 6) is 4.18. The molecule has 19 heavy (non-hydrogen) atoms. The molecule has 3 rings (SSSR count). The molecule has 3 heteroatoms. The lowest BCUT2D eigenvalue weighted by atomic mass is 9.92. The first-order valence-electron chi connectivity index (χ1n) is 7.47. The zero-order valence-electron chi connectivity index (χ0n) is 11.4. The smallest absolute Gasteiger partial charge is 0.119 e. The molecule has 2 fully saturated rings. The van der Waals surface area contributed by atoms with E-state index in [4.69, 9.17) is 4.74 Å². The molecule has 104 valence electrons. The molecule has 2 unspecified atom stereocenters. The van der Waals surface area contributed by atoms with Gasteiger partial charge in [-0.2, -0.15) is 11.8 Å². The van der Waals surface area contributed by atoms with Crippen molar-refractivity contribution >= 4 is 11.8 Å². The van der Waals surface area contributed by atoms with Crippen LogP contribution in [-0.4, -0.2) is 30.7 Å². The maximum absolute atomic E-state index is 6.06. The molecule has 2 nitrogen and oxygen atoms in total. The lowest BCUT2D eigenvalue weighted by Crippen LogP contribution is -2.28. The quantitative estimate of drug-likeness (QED) is 0.914. The molecule has 1 aromatic rings. The normalized spacial score (nSPS) is 28.0. The Morgan fingerprint density at radius 2 is 2.00 bits per heavy atom. The third-order valence-corrected chi connectivity index (χ3v) is 5.25. The van der Waals surface area contributed by atoms with Crippen LogP contribution in [0.5, 0.6) is 5.75 Å². The predicted molar refractivity (Wildman–Crippen MR) is 82.3 cm³/mol. The van der Waals surface area contributed by atoms with Gasteiger partial charge in [0.15, 0.2) is 0 Å². The van der Waals surface area contributed by atoms with Gasteiger partial charge in [0.2, 0.25) is 0 Å². The fraction of sp³-hybridized carbons (Fsp3) is 0.625. The van der Waals surface area contributed by atoms with Crippen molar-refractivity contribution in [3.8, 4) is 5.75 Å². The Labute approximate surface area is 120 Å². The molecule has 2 heterocycles. The highest BCUT2D eigenvalue weighted by molar-refractivity contribution is 7.99. The van der Waals surface area contributed by atoms with Gasteiger partial charge < -0.3 is 10.1 Å². The van der Waals surface area contributed by atoms with Crippen molar-refractivity contribution in [3.05, 3.63) is 29.8 Å². The van der Waals surface area contributed by atoms with Gasteiger partial charge in [0.25, 0.3) is 0 Å². The largest absolute Gasteiger partial charge is 0.490 e. The van der Waals surface area contributed by atoms with Crippen LogP contribution in [0, 0.1) is 0 Å². The van der Waals surface area contributed by atoms with Crippen molar-refractivity contribution in [1.82, 2.24) is 5.32 Å². The molecule has 0 saturated carbocycles. The van der Waals surface area contributed by atoms with E-state index in [1.807, 2.05) is 11.8 Å². The second kappa shape index (κ2) is 6.67. The third kappa shape index (κ3) is 3.67. The van der Waals surface area contributed by atoms with Gasteiger partial charge in [0, 0.05) is 12.3 Å². The number of ether oxygens (including phenoxy) is 1. The van der Waals surface area contributed by atoms with Crippen molar-refractivity contribution in [2.24, 2.45) is 0 Å². The maximum Gasteiger partial charge on any atom is 0.119 e. The molecule has 2 aliphatic heterocycles. The van der Waals surface area contributed by atoms with Crippen LogP contribution >= 0.6 is 11.8 Å². The molecule has 0 aromatic heterocycles. The lowest BCUT2D eigenvalue weighted by Gasteiger charge is -2.24. The van der Waals surface area contributed by atoms with Gasteiger partial charge in [-0.15, -0.1) is 0 Å². The Bertz CT molecular complexity index is 380. The molecule has 1 N–H and O–H groups in total. The van der Waals surface area contributed by atoms with E-state index in [1.54, 1.807) is 0 Å². The Balaban J connectivity index is 1.58. The molecule has 0 spiro atoms. The van der Waals surface area contributed by atoms with E-state index < -0.39 is 0 Å². The van der Waals surface area contributed by atoms with E-state index in [-0.39, 0.29) is 0 Å². The van der Waals surface area contributed by atoms with Gasteiger partial charge in [-0.1, -0.05) is 12.1 Å². The zero-order valence-corrected chi connectivity index (χ0v) is 12.3. The van der Waals surface area contributed by atoms with Gasteiger partial charge in [-0.3, -0.25) is 0 Å². The van der Waals surface area contributed by atoms with Crippen LogP contribution in [0.15, 0.2) is 24.3 Å². The van der Waals surface area contributed by atoms with Gasteiger partial charge in [-0.05, 0) is 61.6 Å². The van der Waals surface area contributed by atoms with Crippen molar-refractivity contribution in [3.63, 3.8) is 0 Å². The lowest BCUT2D eigenvalue weighted by molar-refractivity contribution is 0.211. The van der Waals surface area contributed by atoms with Gasteiger partial charge in [-0.25, -0.2) is 0 Å². The Hall–Kier alpha value is -0.670. The van der Waals surface area contributed by atoms with Crippen LogP contribution in [-0.2, 0) is 0 Å². The second-order valence-corrected chi connectivity index (χ2v) is 6.72. The summed E-state index contributed by atoms with van der Waals surface area (Å²) in [6.07, 6.45) is 5.53. The highest BCUT2D eigenvalue weighted by Crippen LogP contribution is 2.27. The highest BCUT2D eigenvalue weighted by atomic mass is 32.2. The first kappa shape index (κ1) is 13.3. The summed E-state index contributed by atoms with van der Waals surface area (Å²) in [5, 5.41) is 3.48. The number of thioether (sulfide) groups is 1. The number of piperidine rings is 1. The number of hydrogen-bond donors (Lipinski definition) is 1. The van der Waals surface area contributed by atoms with E-state index >= 15 is 0 Å². The van der Waals surface area contributed by atoms with Crippen LogP contribution in [0.1, 0.15) is 37.2 Å². The Morgan fingerprint density at radius 3 is 2.68 bits per heavy atom. The van der Waals surface area contributed by atoms with E-state index in [0.717, 1.165) is 18.0 Å². The molecule has 2 saturated heterocycles. The summed E-state index contributed by atoms with van der Waals surface area (Å²) >= 11 is 2.01. The van der Waals surface area contributed by atoms with E-state index in [9.17, 15) is 0 Å². The second-order valence-electron chi connectivity index (χ2n) is 5.57. The third-order valence-electron chi connectivity index (χ3n) is 4.07. The van der Waals surface area contributed by atoms with Crippen molar-refractivity contribution in [1.29, 1.82) is 0 Å². The first-order chi connectivity index (χ1) is 9.42. The molecule has 2 aliphatic rings. The topological polar surface area (TPSA) is 21.3 Å². The number of benzene rings is 1. The number of nitrogens with one attached hydrogen (secondary N) is 1. The monoisotopic (exact) mass is 277 g/mol. The average Bonchev–Trinajstić information content (AvgIpc) is 2.50. The van der Waals surface area contributed by atoms with Crippen LogP contribution in [0.3, 0.4) is 0 Å². The minimum Gasteiger partial charge on any atom is -0.490 e. The standard InChI is InChI=1S/C16H23NOS/c1-3-14(11-17-9-1)13-5-7-15(8-6-13)18-16-4-2-10-19-12-16/h5-8,14,16-17H,1-4,9-12H2. The summed E-state index contributed by atoms with van der Waals surface area (Å²) in [6, 6.07) is 8.82. The van der Waals surface area contributed by atoms with Gasteiger partial charge >= 0.3 is 0 Å². The molecular weight excluding hydrogens is 254 g/mol. The maximum atomic E-state index is 6.06. The van der Waals surface area contributed by atoms with Crippen molar-refractivity contribution < 1.29 is 4.74 Å². The molecule has 0 radical (unpaired) electrons. The highest BCUT2D eigenvalue weighted by Gasteiger charge is 2.17. The summed E-state index contributed by atoms with van der Waals surface area (Å²) in [5.41, 5.74) is 1.46. The molecular formula is C16H23NOS.